The molecular weight excluding hydrogens is 322 g/mol. The third-order valence-electron chi connectivity index (χ3n) is 4.02. The lowest BCUT2D eigenvalue weighted by molar-refractivity contribution is -0.119. The lowest BCUT2D eigenvalue weighted by atomic mass is 9.93. The first-order valence-electron chi connectivity index (χ1n) is 7.41. The highest BCUT2D eigenvalue weighted by Crippen LogP contribution is 2.31. The minimum Gasteiger partial charge on any atom is -0.351 e. The molecule has 1 amide bonds. The van der Waals surface area contributed by atoms with E-state index in [9.17, 15) is 13.2 Å². The van der Waals surface area contributed by atoms with E-state index >= 15 is 0 Å². The van der Waals surface area contributed by atoms with E-state index in [2.05, 4.69) is 12.2 Å². The van der Waals surface area contributed by atoms with Crippen LogP contribution in [-0.2, 0) is 21.4 Å². The first-order valence-corrected chi connectivity index (χ1v) is 9.67. The van der Waals surface area contributed by atoms with Crippen molar-refractivity contribution in [3.05, 3.63) is 17.0 Å². The van der Waals surface area contributed by atoms with E-state index in [1.807, 2.05) is 0 Å². The molecule has 2 heterocycles. The number of hydrogen-bond donors (Lipinski definition) is 2. The van der Waals surface area contributed by atoms with Crippen molar-refractivity contribution in [2.45, 2.75) is 43.5 Å². The molecule has 0 unspecified atom stereocenters. The number of piperidine rings is 1. The molecule has 1 fully saturated rings. The molecule has 124 valence electrons. The first-order chi connectivity index (χ1) is 10.4. The molecule has 0 aromatic carbocycles. The van der Waals surface area contributed by atoms with Crippen LogP contribution < -0.4 is 11.1 Å². The number of sulfonamides is 1. The van der Waals surface area contributed by atoms with Crippen LogP contribution in [0.2, 0.25) is 0 Å². The van der Waals surface area contributed by atoms with Crippen molar-refractivity contribution in [2.24, 2.45) is 11.7 Å². The maximum absolute atomic E-state index is 12.8. The lowest BCUT2D eigenvalue weighted by Gasteiger charge is -2.37. The second kappa shape index (κ2) is 7.08. The predicted molar refractivity (Wildman–Crippen MR) is 87.0 cm³/mol. The van der Waals surface area contributed by atoms with Crippen LogP contribution in [0.3, 0.4) is 0 Å². The first kappa shape index (κ1) is 17.4. The van der Waals surface area contributed by atoms with E-state index in [0.29, 0.717) is 23.8 Å². The Morgan fingerprint density at radius 2 is 2.23 bits per heavy atom. The highest BCUT2D eigenvalue weighted by Gasteiger charge is 2.37. The summed E-state index contributed by atoms with van der Waals surface area (Å²) in [5, 5.41) is 2.68. The summed E-state index contributed by atoms with van der Waals surface area (Å²) in [6.45, 7) is 4.70. The molecule has 1 saturated heterocycles. The largest absolute Gasteiger partial charge is 0.351 e. The van der Waals surface area contributed by atoms with Crippen LogP contribution in [0.1, 0.15) is 31.6 Å². The van der Waals surface area contributed by atoms with Crippen LogP contribution in [-0.4, -0.2) is 37.8 Å². The Kier molecular flexibility index (Phi) is 5.60. The van der Waals surface area contributed by atoms with E-state index in [-0.39, 0.29) is 17.9 Å². The quantitative estimate of drug-likeness (QED) is 0.837. The molecule has 6 nitrogen and oxygen atoms in total. The summed E-state index contributed by atoms with van der Waals surface area (Å²) in [6.07, 6.45) is 1.87. The number of hydrogen-bond acceptors (Lipinski definition) is 5. The van der Waals surface area contributed by atoms with Gasteiger partial charge < -0.3 is 11.1 Å². The van der Waals surface area contributed by atoms with E-state index in [0.717, 1.165) is 17.7 Å². The minimum atomic E-state index is -3.51. The summed E-state index contributed by atoms with van der Waals surface area (Å²) in [5.74, 6) is 0.137. The zero-order chi connectivity index (χ0) is 16.3. The average Bonchev–Trinajstić information content (AvgIpc) is 2.94. The van der Waals surface area contributed by atoms with Gasteiger partial charge in [0.25, 0.3) is 10.0 Å². The van der Waals surface area contributed by atoms with Crippen LogP contribution in [0.5, 0.6) is 0 Å². The van der Waals surface area contributed by atoms with E-state index in [4.69, 9.17) is 5.73 Å². The smallest absolute Gasteiger partial charge is 0.252 e. The third-order valence-corrected chi connectivity index (χ3v) is 7.49. The molecule has 1 aromatic rings. The summed E-state index contributed by atoms with van der Waals surface area (Å²) < 4.78 is 27.6. The average molecular weight is 345 g/mol. The lowest BCUT2D eigenvalue weighted by Crippen LogP contribution is -2.51. The fraction of sp³-hybridized carbons (Fsp3) is 0.643. The Morgan fingerprint density at radius 1 is 1.50 bits per heavy atom. The van der Waals surface area contributed by atoms with Gasteiger partial charge in [-0.1, -0.05) is 6.92 Å². The zero-order valence-corrected chi connectivity index (χ0v) is 14.5. The van der Waals surface area contributed by atoms with Crippen LogP contribution in [0.4, 0.5) is 0 Å². The van der Waals surface area contributed by atoms with Gasteiger partial charge in [-0.05, 0) is 30.9 Å². The minimum absolute atomic E-state index is 0.133. The second-order valence-corrected chi connectivity index (χ2v) is 8.95. The molecule has 0 radical (unpaired) electrons. The zero-order valence-electron chi connectivity index (χ0n) is 12.9. The van der Waals surface area contributed by atoms with Crippen molar-refractivity contribution in [3.8, 4) is 0 Å². The molecule has 1 aliphatic rings. The van der Waals surface area contributed by atoms with Crippen molar-refractivity contribution >= 4 is 27.3 Å². The summed E-state index contributed by atoms with van der Waals surface area (Å²) in [6, 6.07) is 3.22. The molecule has 0 aliphatic carbocycles. The van der Waals surface area contributed by atoms with Crippen molar-refractivity contribution in [1.29, 1.82) is 0 Å². The number of nitrogens with one attached hydrogen (secondary N) is 1. The number of thiophene rings is 1. The van der Waals surface area contributed by atoms with Crippen molar-refractivity contribution in [2.75, 3.05) is 13.1 Å². The Morgan fingerprint density at radius 3 is 2.86 bits per heavy atom. The Hall–Kier alpha value is -0.960. The van der Waals surface area contributed by atoms with Gasteiger partial charge >= 0.3 is 0 Å². The van der Waals surface area contributed by atoms with Gasteiger partial charge in [-0.2, -0.15) is 4.31 Å². The van der Waals surface area contributed by atoms with Crippen molar-refractivity contribution in [3.63, 3.8) is 0 Å². The highest BCUT2D eigenvalue weighted by molar-refractivity contribution is 7.91. The fourth-order valence-electron chi connectivity index (χ4n) is 2.78. The van der Waals surface area contributed by atoms with Gasteiger partial charge in [-0.15, -0.1) is 11.3 Å². The Bertz CT molecular complexity index is 627. The molecule has 2 rings (SSSR count). The summed E-state index contributed by atoms with van der Waals surface area (Å²) in [5.41, 5.74) is 5.79. The molecule has 2 atom stereocenters. The topological polar surface area (TPSA) is 92.5 Å². The van der Waals surface area contributed by atoms with Gasteiger partial charge in [0.05, 0.1) is 6.54 Å². The maximum atomic E-state index is 12.8. The van der Waals surface area contributed by atoms with Crippen LogP contribution in [0, 0.1) is 5.92 Å². The fourth-order valence-corrected chi connectivity index (χ4v) is 5.97. The van der Waals surface area contributed by atoms with Crippen LogP contribution in [0.25, 0.3) is 0 Å². The molecule has 0 spiro atoms. The monoisotopic (exact) mass is 345 g/mol. The van der Waals surface area contributed by atoms with E-state index < -0.39 is 10.0 Å². The number of nitrogens with two attached hydrogens (primary N) is 1. The standard InChI is InChI=1S/C14H23N3O3S2/c1-10-4-3-7-17(13(10)8-15)22(19,20)14-6-5-12(21-14)9-16-11(2)18/h5-6,10,13H,3-4,7-9,15H2,1-2H3,(H,16,18)/t10-,13-/m1/s1. The van der Waals surface area contributed by atoms with Gasteiger partial charge in [0.2, 0.25) is 5.91 Å². The number of carbonyl (C=O) groups is 1. The number of amides is 1. The van der Waals surface area contributed by atoms with Gasteiger partial charge in [0.15, 0.2) is 0 Å². The van der Waals surface area contributed by atoms with Gasteiger partial charge in [-0.3, -0.25) is 4.79 Å². The van der Waals surface area contributed by atoms with Crippen LogP contribution in [0.15, 0.2) is 16.3 Å². The highest BCUT2D eigenvalue weighted by atomic mass is 32.2. The Labute approximate surface area is 135 Å². The van der Waals surface area contributed by atoms with Gasteiger partial charge in [0.1, 0.15) is 4.21 Å². The van der Waals surface area contributed by atoms with E-state index in [1.165, 1.54) is 18.3 Å². The normalized spacial score (nSPS) is 23.4. The Balaban J connectivity index is 2.20. The maximum Gasteiger partial charge on any atom is 0.252 e. The molecule has 0 saturated carbocycles. The molecule has 8 heteroatoms. The van der Waals surface area contributed by atoms with Crippen LogP contribution >= 0.6 is 11.3 Å². The molecule has 0 bridgehead atoms. The van der Waals surface area contributed by atoms with E-state index in [1.54, 1.807) is 16.4 Å². The molecule has 22 heavy (non-hydrogen) atoms. The van der Waals surface area contributed by atoms with Gasteiger partial charge in [-0.25, -0.2) is 8.42 Å². The second-order valence-electron chi connectivity index (χ2n) is 5.67. The molecule has 1 aliphatic heterocycles. The van der Waals surface area contributed by atoms with Crippen molar-refractivity contribution < 1.29 is 13.2 Å². The summed E-state index contributed by atoms with van der Waals surface area (Å²) in [4.78, 5) is 11.8. The van der Waals surface area contributed by atoms with Gasteiger partial charge in [0, 0.05) is 30.9 Å². The predicted octanol–water partition coefficient (Wildman–Crippen LogP) is 1.13. The number of rotatable bonds is 5. The molecular formula is C14H23N3O3S2. The number of nitrogens with zero attached hydrogens (tertiary/aromatic N) is 1. The molecule has 3 N–H and O–H groups in total. The SMILES string of the molecule is CC(=O)NCc1ccc(S(=O)(=O)N2CCC[C@@H](C)[C@H]2CN)s1. The number of carbonyl (C=O) groups excluding carboxylic acids is 1. The third kappa shape index (κ3) is 3.68. The summed E-state index contributed by atoms with van der Waals surface area (Å²) >= 11 is 1.20. The van der Waals surface area contributed by atoms with Crippen molar-refractivity contribution in [1.82, 2.24) is 9.62 Å². The summed E-state index contributed by atoms with van der Waals surface area (Å²) in [7, 11) is -3.51. The molecule has 1 aromatic heterocycles.